The van der Waals surface area contributed by atoms with Crippen molar-refractivity contribution in [3.8, 4) is 0 Å². The first-order chi connectivity index (χ1) is 13.2. The van der Waals surface area contributed by atoms with Gasteiger partial charge in [0.1, 0.15) is 0 Å². The molecule has 0 radical (unpaired) electrons. The molecule has 27 heavy (non-hydrogen) atoms. The van der Waals surface area contributed by atoms with Gasteiger partial charge in [0.2, 0.25) is 0 Å². The Balaban J connectivity index is 4.25. The number of unbranched alkanes of at least 4 members (excludes halogenated alkanes) is 14. The average molecular weight is 395 g/mol. The van der Waals surface area contributed by atoms with Crippen molar-refractivity contribution in [1.29, 1.82) is 0 Å². The van der Waals surface area contributed by atoms with Gasteiger partial charge in [-0.15, -0.1) is 6.58 Å². The van der Waals surface area contributed by atoms with Crippen molar-refractivity contribution >= 4 is 8.07 Å². The molecule has 0 rings (SSSR count). The first kappa shape index (κ1) is 27.0. The summed E-state index contributed by atoms with van der Waals surface area (Å²) in [5, 5.41) is 0. The lowest BCUT2D eigenvalue weighted by atomic mass is 10.1. The Bertz CT molecular complexity index is 281. The highest BCUT2D eigenvalue weighted by atomic mass is 28.3. The lowest BCUT2D eigenvalue weighted by molar-refractivity contribution is 0.610. The second-order valence-electron chi connectivity index (χ2n) is 9.13. The van der Waals surface area contributed by atoms with E-state index >= 15 is 0 Å². The van der Waals surface area contributed by atoms with Crippen molar-refractivity contribution in [2.75, 3.05) is 0 Å². The van der Waals surface area contributed by atoms with E-state index in [2.05, 4.69) is 33.4 Å². The number of rotatable bonds is 22. The highest BCUT2D eigenvalue weighted by Gasteiger charge is 2.28. The van der Waals surface area contributed by atoms with Crippen LogP contribution in [0.4, 0.5) is 0 Å². The van der Waals surface area contributed by atoms with E-state index in [9.17, 15) is 0 Å². The Hall–Kier alpha value is -0.0431. The van der Waals surface area contributed by atoms with Crippen LogP contribution >= 0.6 is 0 Å². The number of hydrogen-bond acceptors (Lipinski definition) is 0. The van der Waals surface area contributed by atoms with Crippen LogP contribution in [0.25, 0.3) is 0 Å². The second-order valence-corrected chi connectivity index (χ2v) is 14.3. The van der Waals surface area contributed by atoms with Crippen LogP contribution in [0.15, 0.2) is 12.7 Å². The van der Waals surface area contributed by atoms with Crippen LogP contribution in [-0.2, 0) is 0 Å². The lowest BCUT2D eigenvalue weighted by Crippen LogP contribution is -2.32. The first-order valence-electron chi connectivity index (χ1n) is 12.9. The number of hydrogen-bond donors (Lipinski definition) is 0. The molecule has 1 heteroatoms. The highest BCUT2D eigenvalue weighted by Crippen LogP contribution is 2.33. The fourth-order valence-electron chi connectivity index (χ4n) is 4.61. The highest BCUT2D eigenvalue weighted by molar-refractivity contribution is 6.79. The van der Waals surface area contributed by atoms with Crippen LogP contribution in [0.3, 0.4) is 0 Å². The van der Waals surface area contributed by atoms with Crippen LogP contribution in [0.5, 0.6) is 0 Å². The smallest absolute Gasteiger partial charge is 0.0533 e. The van der Waals surface area contributed by atoms with E-state index in [0.717, 1.165) is 0 Å². The van der Waals surface area contributed by atoms with E-state index in [1.807, 2.05) is 0 Å². The van der Waals surface area contributed by atoms with Crippen molar-refractivity contribution < 1.29 is 0 Å². The third kappa shape index (κ3) is 16.6. The van der Waals surface area contributed by atoms with Crippen LogP contribution < -0.4 is 0 Å². The maximum absolute atomic E-state index is 3.86. The summed E-state index contributed by atoms with van der Waals surface area (Å²) in [4.78, 5) is 0. The van der Waals surface area contributed by atoms with Gasteiger partial charge in [-0.05, 0) is 12.8 Å². The van der Waals surface area contributed by atoms with E-state index in [4.69, 9.17) is 0 Å². The van der Waals surface area contributed by atoms with Crippen LogP contribution in [-0.4, -0.2) is 8.07 Å². The third-order valence-corrected chi connectivity index (χ3v) is 12.5. The van der Waals surface area contributed by atoms with Gasteiger partial charge < -0.3 is 0 Å². The molecule has 0 aliphatic rings. The van der Waals surface area contributed by atoms with Gasteiger partial charge in [-0.1, -0.05) is 147 Å². The van der Waals surface area contributed by atoms with Crippen molar-refractivity contribution in [3.05, 3.63) is 12.7 Å². The topological polar surface area (TPSA) is 0 Å². The van der Waals surface area contributed by atoms with Gasteiger partial charge in [-0.2, -0.15) is 0 Å². The van der Waals surface area contributed by atoms with Crippen LogP contribution in [0.1, 0.15) is 130 Å². The molecule has 0 aromatic heterocycles. The Morgan fingerprint density at radius 2 is 0.889 bits per heavy atom. The largest absolute Gasteiger partial charge is 0.103 e. The zero-order chi connectivity index (χ0) is 20.1. The fraction of sp³-hybridized carbons (Fsp3) is 0.923. The van der Waals surface area contributed by atoms with Crippen LogP contribution in [0, 0.1) is 0 Å². The molecule has 0 heterocycles. The standard InChI is InChI=1S/C26H54Si/c1-5-9-12-15-18-21-24-27(8-4,25-22-19-16-13-10-6-2)26-23-20-17-14-11-7-3/h5H,1,6-26H2,2-4H3. The van der Waals surface area contributed by atoms with Crippen molar-refractivity contribution in [1.82, 2.24) is 0 Å². The summed E-state index contributed by atoms with van der Waals surface area (Å²) in [7, 11) is -0.995. The lowest BCUT2D eigenvalue weighted by Gasteiger charge is -2.31. The quantitative estimate of drug-likeness (QED) is 0.0972. The summed E-state index contributed by atoms with van der Waals surface area (Å²) >= 11 is 0. The Labute approximate surface area is 175 Å². The Morgan fingerprint density at radius 3 is 1.26 bits per heavy atom. The van der Waals surface area contributed by atoms with Gasteiger partial charge >= 0.3 is 0 Å². The van der Waals surface area contributed by atoms with E-state index in [-0.39, 0.29) is 0 Å². The molecule has 162 valence electrons. The third-order valence-electron chi connectivity index (χ3n) is 6.74. The fourth-order valence-corrected chi connectivity index (χ4v) is 9.42. The van der Waals surface area contributed by atoms with Gasteiger partial charge in [-0.25, -0.2) is 0 Å². The SMILES string of the molecule is C=CCCCCCC[Si](CC)(CCCCCCCC)CCCCCCCC. The predicted octanol–water partition coefficient (Wildman–Crippen LogP) is 10.3. The van der Waals surface area contributed by atoms with E-state index in [1.165, 1.54) is 109 Å². The zero-order valence-corrected chi connectivity index (χ0v) is 20.6. The van der Waals surface area contributed by atoms with Gasteiger partial charge in [0.15, 0.2) is 0 Å². The molecular weight excluding hydrogens is 340 g/mol. The molecule has 0 spiro atoms. The van der Waals surface area contributed by atoms with Gasteiger partial charge in [0.25, 0.3) is 0 Å². The van der Waals surface area contributed by atoms with E-state index in [0.29, 0.717) is 0 Å². The molecule has 0 nitrogen and oxygen atoms in total. The normalized spacial score (nSPS) is 11.8. The summed E-state index contributed by atoms with van der Waals surface area (Å²) in [6, 6.07) is 6.44. The van der Waals surface area contributed by atoms with Crippen molar-refractivity contribution in [2.24, 2.45) is 0 Å². The van der Waals surface area contributed by atoms with Crippen LogP contribution in [0.2, 0.25) is 24.2 Å². The molecule has 0 aliphatic carbocycles. The minimum absolute atomic E-state index is 0.995. The van der Waals surface area contributed by atoms with E-state index in [1.54, 1.807) is 24.2 Å². The molecule has 0 atom stereocenters. The van der Waals surface area contributed by atoms with Crippen molar-refractivity contribution in [2.45, 2.75) is 154 Å². The Morgan fingerprint density at radius 1 is 0.519 bits per heavy atom. The molecule has 0 unspecified atom stereocenters. The molecule has 0 aromatic rings. The molecule has 0 amide bonds. The monoisotopic (exact) mass is 394 g/mol. The average Bonchev–Trinajstić information content (AvgIpc) is 2.69. The zero-order valence-electron chi connectivity index (χ0n) is 19.6. The molecule has 0 aliphatic heterocycles. The summed E-state index contributed by atoms with van der Waals surface area (Å²) in [6.07, 6.45) is 26.7. The first-order valence-corrected chi connectivity index (χ1v) is 15.7. The summed E-state index contributed by atoms with van der Waals surface area (Å²) in [5.41, 5.74) is 0. The molecule has 0 N–H and O–H groups in total. The van der Waals surface area contributed by atoms with E-state index < -0.39 is 8.07 Å². The molecular formula is C26H54Si. The minimum Gasteiger partial charge on any atom is -0.103 e. The predicted molar refractivity (Wildman–Crippen MR) is 131 cm³/mol. The van der Waals surface area contributed by atoms with Gasteiger partial charge in [0.05, 0.1) is 8.07 Å². The second kappa shape index (κ2) is 20.7. The van der Waals surface area contributed by atoms with Crippen molar-refractivity contribution in [3.63, 3.8) is 0 Å². The van der Waals surface area contributed by atoms with Gasteiger partial charge in [0, 0.05) is 0 Å². The molecule has 0 bridgehead atoms. The summed E-state index contributed by atoms with van der Waals surface area (Å²) in [5.74, 6) is 0. The minimum atomic E-state index is -0.995. The Kier molecular flexibility index (Phi) is 20.7. The number of allylic oxidation sites excluding steroid dienone is 1. The molecule has 0 saturated carbocycles. The maximum Gasteiger partial charge on any atom is 0.0533 e. The maximum atomic E-state index is 3.86. The summed E-state index contributed by atoms with van der Waals surface area (Å²) < 4.78 is 0. The van der Waals surface area contributed by atoms with Gasteiger partial charge in [-0.3, -0.25) is 0 Å². The molecule has 0 fully saturated rings. The molecule has 0 aromatic carbocycles. The molecule has 0 saturated heterocycles. The summed E-state index contributed by atoms with van der Waals surface area (Å²) in [6.45, 7) is 11.0.